The number of rotatable bonds is 2. The predicted octanol–water partition coefficient (Wildman–Crippen LogP) is 3.03. The molecule has 90 valence electrons. The van der Waals surface area contributed by atoms with Crippen molar-refractivity contribution in [2.75, 3.05) is 23.7 Å². The van der Waals surface area contributed by atoms with E-state index >= 15 is 0 Å². The third-order valence-electron chi connectivity index (χ3n) is 3.01. The summed E-state index contributed by atoms with van der Waals surface area (Å²) in [6.07, 6.45) is 1.11. The molecule has 1 fully saturated rings. The third kappa shape index (κ3) is 2.73. The summed E-state index contributed by atoms with van der Waals surface area (Å²) in [7, 11) is 0. The molecule has 0 bridgehead atoms. The number of halogens is 1. The molecule has 1 aromatic carbocycles. The molecule has 0 spiro atoms. The Labute approximate surface area is 105 Å². The molecular weight excluding hydrogens is 235 g/mol. The Bertz CT molecular complexity index is 442. The van der Waals surface area contributed by atoms with Gasteiger partial charge in [0.2, 0.25) is 0 Å². The summed E-state index contributed by atoms with van der Waals surface area (Å²) in [4.78, 5) is 2.08. The molecule has 0 amide bonds. The number of hydrogen-bond acceptors (Lipinski definition) is 3. The smallest absolute Gasteiger partial charge is 0.147 e. The van der Waals surface area contributed by atoms with Crippen LogP contribution in [0.4, 0.5) is 10.1 Å². The molecule has 1 aliphatic rings. The molecule has 17 heavy (non-hydrogen) atoms. The zero-order valence-corrected chi connectivity index (χ0v) is 10.6. The van der Waals surface area contributed by atoms with E-state index in [0.29, 0.717) is 16.5 Å². The zero-order chi connectivity index (χ0) is 12.3. The van der Waals surface area contributed by atoms with Crippen LogP contribution < -0.4 is 4.90 Å². The molecule has 1 aliphatic heterocycles. The Hall–Kier alpha value is -1.21. The van der Waals surface area contributed by atoms with Gasteiger partial charge >= 0.3 is 0 Å². The summed E-state index contributed by atoms with van der Waals surface area (Å²) in [6, 6.07) is 6.67. The van der Waals surface area contributed by atoms with Crippen molar-refractivity contribution in [1.82, 2.24) is 0 Å². The second-order valence-corrected chi connectivity index (χ2v) is 5.53. The lowest BCUT2D eigenvalue weighted by molar-refractivity contribution is 0.613. The van der Waals surface area contributed by atoms with Crippen molar-refractivity contribution in [2.24, 2.45) is 0 Å². The van der Waals surface area contributed by atoms with Crippen LogP contribution in [0.25, 0.3) is 0 Å². The molecule has 0 radical (unpaired) electrons. The van der Waals surface area contributed by atoms with Gasteiger partial charge in [-0.05, 0) is 24.6 Å². The Morgan fingerprint density at radius 2 is 2.41 bits per heavy atom. The first-order valence-electron chi connectivity index (χ1n) is 5.80. The van der Waals surface area contributed by atoms with E-state index in [1.807, 2.05) is 17.8 Å². The van der Waals surface area contributed by atoms with Gasteiger partial charge in [0.05, 0.1) is 17.3 Å². The molecule has 0 N–H and O–H groups in total. The fourth-order valence-corrected chi connectivity index (χ4v) is 3.20. The summed E-state index contributed by atoms with van der Waals surface area (Å²) in [5.74, 6) is 0.753. The number of thioether (sulfide) groups is 1. The zero-order valence-electron chi connectivity index (χ0n) is 9.82. The second kappa shape index (κ2) is 5.42. The highest BCUT2D eigenvalue weighted by molar-refractivity contribution is 8.00. The summed E-state index contributed by atoms with van der Waals surface area (Å²) in [6.45, 7) is 3.93. The van der Waals surface area contributed by atoms with Gasteiger partial charge in [-0.25, -0.2) is 4.39 Å². The SMILES string of the molecule is CCC1CN(c2ccc(C#N)cc2F)CCS1. The molecule has 1 unspecified atom stereocenters. The maximum Gasteiger partial charge on any atom is 0.147 e. The van der Waals surface area contributed by atoms with Crippen molar-refractivity contribution >= 4 is 17.4 Å². The lowest BCUT2D eigenvalue weighted by Gasteiger charge is -2.33. The van der Waals surface area contributed by atoms with Crippen molar-refractivity contribution in [1.29, 1.82) is 5.26 Å². The summed E-state index contributed by atoms with van der Waals surface area (Å²) < 4.78 is 13.9. The van der Waals surface area contributed by atoms with Crippen LogP contribution in [0.15, 0.2) is 18.2 Å². The number of anilines is 1. The second-order valence-electron chi connectivity index (χ2n) is 4.13. The van der Waals surface area contributed by atoms with Crippen LogP contribution in [-0.2, 0) is 0 Å². The van der Waals surface area contributed by atoms with Crippen LogP contribution in [0.5, 0.6) is 0 Å². The van der Waals surface area contributed by atoms with E-state index < -0.39 is 0 Å². The van der Waals surface area contributed by atoms with E-state index in [0.717, 1.165) is 25.3 Å². The molecule has 0 aromatic heterocycles. The van der Waals surface area contributed by atoms with Crippen molar-refractivity contribution < 1.29 is 4.39 Å². The number of nitriles is 1. The van der Waals surface area contributed by atoms with Gasteiger partial charge < -0.3 is 4.90 Å². The van der Waals surface area contributed by atoms with E-state index in [2.05, 4.69) is 11.8 Å². The fourth-order valence-electron chi connectivity index (χ4n) is 2.02. The monoisotopic (exact) mass is 250 g/mol. The minimum absolute atomic E-state index is 0.286. The Morgan fingerprint density at radius 1 is 1.59 bits per heavy atom. The molecule has 0 saturated carbocycles. The molecule has 0 aliphatic carbocycles. The lowest BCUT2D eigenvalue weighted by Crippen LogP contribution is -2.38. The van der Waals surface area contributed by atoms with Gasteiger partial charge in [-0.2, -0.15) is 17.0 Å². The first-order chi connectivity index (χ1) is 8.24. The van der Waals surface area contributed by atoms with Crippen LogP contribution in [0.2, 0.25) is 0 Å². The molecular formula is C13H15FN2S. The number of nitrogens with zero attached hydrogens (tertiary/aromatic N) is 2. The van der Waals surface area contributed by atoms with Crippen molar-refractivity contribution in [3.8, 4) is 6.07 Å². The van der Waals surface area contributed by atoms with Crippen LogP contribution >= 0.6 is 11.8 Å². The summed E-state index contributed by atoms with van der Waals surface area (Å²) >= 11 is 1.96. The highest BCUT2D eigenvalue weighted by atomic mass is 32.2. The van der Waals surface area contributed by atoms with Gasteiger partial charge in [0.1, 0.15) is 5.82 Å². The van der Waals surface area contributed by atoms with Gasteiger partial charge in [0, 0.05) is 24.1 Å². The van der Waals surface area contributed by atoms with Gasteiger partial charge in [0.25, 0.3) is 0 Å². The standard InChI is InChI=1S/C13H15FN2S/c1-2-11-9-16(5-6-17-11)13-4-3-10(8-15)7-12(13)14/h3-4,7,11H,2,5-6,9H2,1H3. The minimum Gasteiger partial charge on any atom is -0.367 e. The molecule has 1 saturated heterocycles. The molecule has 1 atom stereocenters. The van der Waals surface area contributed by atoms with E-state index in [4.69, 9.17) is 5.26 Å². The normalized spacial score (nSPS) is 20.1. The average Bonchev–Trinajstić information content (AvgIpc) is 2.38. The van der Waals surface area contributed by atoms with E-state index in [-0.39, 0.29) is 5.82 Å². The Kier molecular flexibility index (Phi) is 3.90. The van der Waals surface area contributed by atoms with Crippen molar-refractivity contribution in [2.45, 2.75) is 18.6 Å². The fraction of sp³-hybridized carbons (Fsp3) is 0.462. The highest BCUT2D eigenvalue weighted by Gasteiger charge is 2.21. The molecule has 2 nitrogen and oxygen atoms in total. The van der Waals surface area contributed by atoms with E-state index in [1.54, 1.807) is 12.1 Å². The first kappa shape index (κ1) is 12.3. The topological polar surface area (TPSA) is 27.0 Å². The number of benzene rings is 1. The molecule has 1 aromatic rings. The van der Waals surface area contributed by atoms with Gasteiger partial charge in [-0.3, -0.25) is 0 Å². The maximum atomic E-state index is 13.9. The lowest BCUT2D eigenvalue weighted by atomic mass is 10.2. The average molecular weight is 250 g/mol. The van der Waals surface area contributed by atoms with Crippen LogP contribution in [0.1, 0.15) is 18.9 Å². The predicted molar refractivity (Wildman–Crippen MR) is 69.9 cm³/mol. The molecule has 2 rings (SSSR count). The van der Waals surface area contributed by atoms with E-state index in [1.165, 1.54) is 6.07 Å². The highest BCUT2D eigenvalue weighted by Crippen LogP contribution is 2.27. The minimum atomic E-state index is -0.286. The molecule has 4 heteroatoms. The quantitative estimate of drug-likeness (QED) is 0.807. The largest absolute Gasteiger partial charge is 0.367 e. The van der Waals surface area contributed by atoms with Crippen molar-refractivity contribution in [3.63, 3.8) is 0 Å². The summed E-state index contributed by atoms with van der Waals surface area (Å²) in [5, 5.41) is 9.29. The van der Waals surface area contributed by atoms with Crippen LogP contribution in [-0.4, -0.2) is 24.1 Å². The summed E-state index contributed by atoms with van der Waals surface area (Å²) in [5.41, 5.74) is 1.01. The maximum absolute atomic E-state index is 13.9. The van der Waals surface area contributed by atoms with Crippen LogP contribution in [0.3, 0.4) is 0 Å². The molecule has 1 heterocycles. The first-order valence-corrected chi connectivity index (χ1v) is 6.85. The third-order valence-corrected chi connectivity index (χ3v) is 4.38. The van der Waals surface area contributed by atoms with E-state index in [9.17, 15) is 4.39 Å². The Morgan fingerprint density at radius 3 is 3.06 bits per heavy atom. The van der Waals surface area contributed by atoms with Gasteiger partial charge in [0.15, 0.2) is 0 Å². The van der Waals surface area contributed by atoms with Crippen molar-refractivity contribution in [3.05, 3.63) is 29.6 Å². The number of hydrogen-bond donors (Lipinski definition) is 0. The van der Waals surface area contributed by atoms with Gasteiger partial charge in [-0.15, -0.1) is 0 Å². The Balaban J connectivity index is 2.19. The van der Waals surface area contributed by atoms with Gasteiger partial charge in [-0.1, -0.05) is 6.92 Å². The van der Waals surface area contributed by atoms with Crippen LogP contribution in [0, 0.1) is 17.1 Å².